The molecule has 1 aliphatic rings. The van der Waals surface area contributed by atoms with E-state index in [0.717, 1.165) is 17.7 Å². The van der Waals surface area contributed by atoms with Crippen LogP contribution in [0.2, 0.25) is 0 Å². The topological polar surface area (TPSA) is 91.6 Å². The molecule has 3 aromatic rings. The number of carbonyl (C=O) groups excluding carboxylic acids is 1. The van der Waals surface area contributed by atoms with E-state index in [1.54, 1.807) is 43.0 Å². The Bertz CT molecular complexity index is 1080. The number of benzene rings is 1. The van der Waals surface area contributed by atoms with Crippen LogP contribution in [0.25, 0.3) is 11.3 Å². The van der Waals surface area contributed by atoms with Crippen LogP contribution in [-0.2, 0) is 7.05 Å². The molecule has 162 valence electrons. The van der Waals surface area contributed by atoms with Crippen molar-refractivity contribution in [2.24, 2.45) is 7.05 Å². The third kappa shape index (κ3) is 4.30. The van der Waals surface area contributed by atoms with Crippen LogP contribution in [0.15, 0.2) is 36.4 Å². The normalized spacial score (nSPS) is 15.7. The molecule has 0 bridgehead atoms. The van der Waals surface area contributed by atoms with Crippen LogP contribution in [0.1, 0.15) is 22.6 Å². The molecule has 9 nitrogen and oxygen atoms in total. The molecular weight excluding hydrogens is 398 g/mol. The fraction of sp³-hybridized carbons (Fsp3) is 0.364. The second-order valence-electron chi connectivity index (χ2n) is 7.40. The summed E-state index contributed by atoms with van der Waals surface area (Å²) in [6.07, 6.45) is 0.613. The SMILES string of the molecule is COc1ccc(OC)c(-c2cc(C(=O)N3CCC(Oc4ccc(C)nn4)C3)n(C)n2)c1. The van der Waals surface area contributed by atoms with E-state index < -0.39 is 0 Å². The Labute approximate surface area is 180 Å². The molecule has 1 amide bonds. The number of amides is 1. The molecule has 1 aliphatic heterocycles. The molecule has 1 unspecified atom stereocenters. The maximum atomic E-state index is 13.2. The molecule has 9 heteroatoms. The standard InChI is InChI=1S/C22H25N5O4/c1-14-5-8-21(24-23-14)31-16-9-10-27(13-16)22(28)19-12-18(25-26(19)2)17-11-15(29-3)6-7-20(17)30-4/h5-8,11-12,16H,9-10,13H2,1-4H3. The van der Waals surface area contributed by atoms with Crippen molar-refractivity contribution in [3.8, 4) is 28.6 Å². The summed E-state index contributed by atoms with van der Waals surface area (Å²) in [5.74, 6) is 1.72. The van der Waals surface area contributed by atoms with E-state index in [-0.39, 0.29) is 12.0 Å². The van der Waals surface area contributed by atoms with Crippen LogP contribution in [0.4, 0.5) is 0 Å². The highest BCUT2D eigenvalue weighted by atomic mass is 16.5. The lowest BCUT2D eigenvalue weighted by Crippen LogP contribution is -2.32. The van der Waals surface area contributed by atoms with Crippen molar-refractivity contribution in [3.63, 3.8) is 0 Å². The van der Waals surface area contributed by atoms with E-state index in [2.05, 4.69) is 15.3 Å². The van der Waals surface area contributed by atoms with Gasteiger partial charge in [-0.1, -0.05) is 0 Å². The Morgan fingerprint density at radius 3 is 2.65 bits per heavy atom. The van der Waals surface area contributed by atoms with Crippen LogP contribution in [0, 0.1) is 6.92 Å². The van der Waals surface area contributed by atoms with E-state index in [1.807, 2.05) is 31.2 Å². The third-order valence-corrected chi connectivity index (χ3v) is 5.27. The zero-order valence-corrected chi connectivity index (χ0v) is 18.0. The number of aryl methyl sites for hydroxylation is 2. The smallest absolute Gasteiger partial charge is 0.272 e. The van der Waals surface area contributed by atoms with Gasteiger partial charge >= 0.3 is 0 Å². The van der Waals surface area contributed by atoms with Gasteiger partial charge in [-0.2, -0.15) is 10.2 Å². The van der Waals surface area contributed by atoms with Gasteiger partial charge in [0.15, 0.2) is 0 Å². The molecule has 0 N–H and O–H groups in total. The number of rotatable bonds is 6. The molecule has 1 saturated heterocycles. The monoisotopic (exact) mass is 423 g/mol. The van der Waals surface area contributed by atoms with Crippen molar-refractivity contribution >= 4 is 5.91 Å². The highest BCUT2D eigenvalue weighted by Gasteiger charge is 2.30. The van der Waals surface area contributed by atoms with Crippen LogP contribution >= 0.6 is 0 Å². The van der Waals surface area contributed by atoms with Gasteiger partial charge in [-0.15, -0.1) is 5.10 Å². The quantitative estimate of drug-likeness (QED) is 0.601. The van der Waals surface area contributed by atoms with E-state index in [1.165, 1.54) is 0 Å². The first-order valence-corrected chi connectivity index (χ1v) is 10.0. The Morgan fingerprint density at radius 1 is 1.10 bits per heavy atom. The van der Waals surface area contributed by atoms with E-state index in [9.17, 15) is 4.79 Å². The summed E-state index contributed by atoms with van der Waals surface area (Å²) in [5, 5.41) is 12.6. The summed E-state index contributed by atoms with van der Waals surface area (Å²) in [6, 6.07) is 10.9. The predicted octanol–water partition coefficient (Wildman–Crippen LogP) is 2.50. The average molecular weight is 423 g/mol. The lowest BCUT2D eigenvalue weighted by atomic mass is 10.1. The van der Waals surface area contributed by atoms with Crippen molar-refractivity contribution in [2.75, 3.05) is 27.3 Å². The summed E-state index contributed by atoms with van der Waals surface area (Å²) < 4.78 is 18.3. The number of nitrogens with zero attached hydrogens (tertiary/aromatic N) is 5. The van der Waals surface area contributed by atoms with Gasteiger partial charge in [0.2, 0.25) is 5.88 Å². The fourth-order valence-electron chi connectivity index (χ4n) is 3.60. The van der Waals surface area contributed by atoms with Gasteiger partial charge in [-0.25, -0.2) is 0 Å². The van der Waals surface area contributed by atoms with Crippen LogP contribution in [0.3, 0.4) is 0 Å². The highest BCUT2D eigenvalue weighted by molar-refractivity contribution is 5.94. The molecule has 1 aromatic carbocycles. The average Bonchev–Trinajstić information content (AvgIpc) is 3.41. The lowest BCUT2D eigenvalue weighted by Gasteiger charge is -2.16. The van der Waals surface area contributed by atoms with E-state index >= 15 is 0 Å². The molecule has 1 atom stereocenters. The number of aromatic nitrogens is 4. The molecule has 2 aromatic heterocycles. The van der Waals surface area contributed by atoms with Crippen molar-refractivity contribution < 1.29 is 19.0 Å². The van der Waals surface area contributed by atoms with Crippen molar-refractivity contribution in [1.29, 1.82) is 0 Å². The van der Waals surface area contributed by atoms with Gasteiger partial charge in [0, 0.05) is 31.6 Å². The van der Waals surface area contributed by atoms with Crippen LogP contribution < -0.4 is 14.2 Å². The zero-order chi connectivity index (χ0) is 22.0. The molecule has 0 spiro atoms. The highest BCUT2D eigenvalue weighted by Crippen LogP contribution is 2.33. The Morgan fingerprint density at radius 2 is 1.94 bits per heavy atom. The van der Waals surface area contributed by atoms with Gasteiger partial charge in [-0.05, 0) is 37.3 Å². The van der Waals surface area contributed by atoms with Gasteiger partial charge in [0.05, 0.1) is 32.2 Å². The van der Waals surface area contributed by atoms with Crippen molar-refractivity contribution in [3.05, 3.63) is 47.8 Å². The minimum Gasteiger partial charge on any atom is -0.497 e. The molecule has 3 heterocycles. The number of carbonyl (C=O) groups is 1. The van der Waals surface area contributed by atoms with Crippen molar-refractivity contribution in [1.82, 2.24) is 24.9 Å². The van der Waals surface area contributed by atoms with Gasteiger partial charge in [-0.3, -0.25) is 9.48 Å². The first kappa shape index (κ1) is 20.6. The minimum atomic E-state index is -0.118. The van der Waals surface area contributed by atoms with Crippen LogP contribution in [-0.4, -0.2) is 64.2 Å². The minimum absolute atomic E-state index is 0.0933. The summed E-state index contributed by atoms with van der Waals surface area (Å²) in [6.45, 7) is 2.96. The van der Waals surface area contributed by atoms with E-state index in [0.29, 0.717) is 41.9 Å². The number of ether oxygens (including phenoxy) is 3. The number of likely N-dealkylation sites (tertiary alicyclic amines) is 1. The van der Waals surface area contributed by atoms with Crippen molar-refractivity contribution in [2.45, 2.75) is 19.4 Å². The Hall–Kier alpha value is -3.62. The van der Waals surface area contributed by atoms with Gasteiger partial charge in [0.1, 0.15) is 23.3 Å². The maximum Gasteiger partial charge on any atom is 0.272 e. The van der Waals surface area contributed by atoms with Crippen LogP contribution in [0.5, 0.6) is 17.4 Å². The second kappa shape index (κ2) is 8.63. The van der Waals surface area contributed by atoms with E-state index in [4.69, 9.17) is 14.2 Å². The van der Waals surface area contributed by atoms with Gasteiger partial charge < -0.3 is 19.1 Å². The zero-order valence-electron chi connectivity index (χ0n) is 18.0. The lowest BCUT2D eigenvalue weighted by molar-refractivity contribution is 0.0760. The number of hydrogen-bond acceptors (Lipinski definition) is 7. The molecule has 1 fully saturated rings. The molecule has 0 radical (unpaired) electrons. The number of methoxy groups -OCH3 is 2. The maximum absolute atomic E-state index is 13.2. The first-order valence-electron chi connectivity index (χ1n) is 10.0. The molecule has 31 heavy (non-hydrogen) atoms. The third-order valence-electron chi connectivity index (χ3n) is 5.27. The number of hydrogen-bond donors (Lipinski definition) is 0. The summed E-state index contributed by atoms with van der Waals surface area (Å²) in [4.78, 5) is 14.9. The summed E-state index contributed by atoms with van der Waals surface area (Å²) in [5.41, 5.74) is 2.73. The van der Waals surface area contributed by atoms with Gasteiger partial charge in [0.25, 0.3) is 5.91 Å². The Kier molecular flexibility index (Phi) is 5.75. The predicted molar refractivity (Wildman–Crippen MR) is 113 cm³/mol. The summed E-state index contributed by atoms with van der Waals surface area (Å²) >= 11 is 0. The Balaban J connectivity index is 1.50. The molecule has 4 rings (SSSR count). The second-order valence-corrected chi connectivity index (χ2v) is 7.40. The molecule has 0 aliphatic carbocycles. The largest absolute Gasteiger partial charge is 0.497 e. The fourth-order valence-corrected chi connectivity index (χ4v) is 3.60. The first-order chi connectivity index (χ1) is 15.0. The molecular formula is C22H25N5O4. The molecule has 0 saturated carbocycles. The summed E-state index contributed by atoms with van der Waals surface area (Å²) in [7, 11) is 4.96.